The molecule has 0 bridgehead atoms. The number of morpholine rings is 1. The number of pyridine rings is 1. The van der Waals surface area contributed by atoms with Crippen LogP contribution in [0.3, 0.4) is 0 Å². The van der Waals surface area contributed by atoms with Crippen LogP contribution < -0.4 is 5.32 Å². The Morgan fingerprint density at radius 3 is 2.52 bits per heavy atom. The molecular weight excluding hydrogens is 408 g/mol. The Bertz CT molecular complexity index is 804. The third kappa shape index (κ3) is 7.04. The first-order valence-corrected chi connectivity index (χ1v) is 12.2. The van der Waals surface area contributed by atoms with E-state index in [0.717, 1.165) is 76.1 Å². The van der Waals surface area contributed by atoms with Crippen LogP contribution in [0.15, 0.2) is 53.7 Å². The molecule has 0 spiro atoms. The third-order valence-electron chi connectivity index (χ3n) is 5.93. The molecule has 31 heavy (non-hydrogen) atoms. The van der Waals surface area contributed by atoms with E-state index in [-0.39, 0.29) is 11.9 Å². The smallest absolute Gasteiger partial charge is 0.253 e. The third-order valence-corrected chi connectivity index (χ3v) is 6.86. The highest BCUT2D eigenvalue weighted by atomic mass is 32.2. The zero-order valence-electron chi connectivity index (χ0n) is 18.0. The van der Waals surface area contributed by atoms with E-state index >= 15 is 0 Å². The van der Waals surface area contributed by atoms with E-state index in [1.165, 1.54) is 5.56 Å². The summed E-state index contributed by atoms with van der Waals surface area (Å²) in [5, 5.41) is 4.17. The number of hydrogen-bond donors (Lipinski definition) is 1. The summed E-state index contributed by atoms with van der Waals surface area (Å²) >= 11 is 1.74. The molecular formula is C24H32N4O2S. The first-order chi connectivity index (χ1) is 15.3. The molecule has 0 atom stereocenters. The number of ether oxygens (including phenoxy) is 1. The zero-order valence-corrected chi connectivity index (χ0v) is 18.9. The molecule has 2 saturated heterocycles. The standard InChI is InChI=1S/C24H32N4O2S/c29-24(26-22-8-10-28(11-9-22)19-20-4-2-1-3-5-20)21-6-7-23(25-18-21)31-17-14-27-12-15-30-16-13-27/h1-7,18,22H,8-17,19H2,(H,26,29). The summed E-state index contributed by atoms with van der Waals surface area (Å²) in [5.41, 5.74) is 1.99. The van der Waals surface area contributed by atoms with Gasteiger partial charge >= 0.3 is 0 Å². The molecule has 1 amide bonds. The van der Waals surface area contributed by atoms with Crippen LogP contribution in [-0.4, -0.2) is 78.4 Å². The van der Waals surface area contributed by atoms with Crippen molar-refractivity contribution >= 4 is 17.7 Å². The van der Waals surface area contributed by atoms with Crippen LogP contribution in [0.1, 0.15) is 28.8 Å². The van der Waals surface area contributed by atoms with Gasteiger partial charge in [-0.25, -0.2) is 4.98 Å². The molecule has 0 radical (unpaired) electrons. The normalized spacial score (nSPS) is 18.7. The van der Waals surface area contributed by atoms with Crippen molar-refractivity contribution in [3.8, 4) is 0 Å². The van der Waals surface area contributed by atoms with Crippen molar-refractivity contribution in [2.45, 2.75) is 30.5 Å². The van der Waals surface area contributed by atoms with Gasteiger partial charge in [-0.3, -0.25) is 14.6 Å². The highest BCUT2D eigenvalue weighted by Gasteiger charge is 2.21. The summed E-state index contributed by atoms with van der Waals surface area (Å²) in [6.07, 6.45) is 3.68. The highest BCUT2D eigenvalue weighted by Crippen LogP contribution is 2.17. The van der Waals surface area contributed by atoms with Crippen molar-refractivity contribution in [2.24, 2.45) is 0 Å². The van der Waals surface area contributed by atoms with Crippen LogP contribution in [0.4, 0.5) is 0 Å². The predicted octanol–water partition coefficient (Wildman–Crippen LogP) is 2.90. The number of likely N-dealkylation sites (tertiary alicyclic amines) is 1. The fraction of sp³-hybridized carbons (Fsp3) is 0.500. The minimum Gasteiger partial charge on any atom is -0.379 e. The second kappa shape index (κ2) is 11.6. The number of nitrogens with zero attached hydrogens (tertiary/aromatic N) is 3. The van der Waals surface area contributed by atoms with Crippen molar-refractivity contribution in [1.29, 1.82) is 0 Å². The van der Waals surface area contributed by atoms with Gasteiger partial charge in [0.1, 0.15) is 0 Å². The van der Waals surface area contributed by atoms with Gasteiger partial charge in [0.25, 0.3) is 5.91 Å². The van der Waals surface area contributed by atoms with E-state index in [9.17, 15) is 4.79 Å². The first kappa shape index (κ1) is 22.3. The molecule has 2 fully saturated rings. The van der Waals surface area contributed by atoms with Crippen molar-refractivity contribution in [3.05, 3.63) is 59.8 Å². The van der Waals surface area contributed by atoms with E-state index < -0.39 is 0 Å². The Morgan fingerprint density at radius 2 is 1.81 bits per heavy atom. The molecule has 2 aromatic rings. The van der Waals surface area contributed by atoms with Gasteiger partial charge in [-0.1, -0.05) is 30.3 Å². The van der Waals surface area contributed by atoms with Gasteiger partial charge in [0.05, 0.1) is 23.8 Å². The van der Waals surface area contributed by atoms with Gasteiger partial charge in [-0.05, 0) is 30.5 Å². The van der Waals surface area contributed by atoms with Crippen LogP contribution in [0.5, 0.6) is 0 Å². The monoisotopic (exact) mass is 440 g/mol. The maximum Gasteiger partial charge on any atom is 0.253 e. The number of thioether (sulfide) groups is 1. The topological polar surface area (TPSA) is 57.7 Å². The summed E-state index contributed by atoms with van der Waals surface area (Å²) < 4.78 is 5.38. The quantitative estimate of drug-likeness (QED) is 0.637. The molecule has 7 heteroatoms. The number of piperidine rings is 1. The Kier molecular flexibility index (Phi) is 8.35. The van der Waals surface area contributed by atoms with Crippen LogP contribution in [0.2, 0.25) is 0 Å². The average Bonchev–Trinajstić information content (AvgIpc) is 2.82. The molecule has 0 saturated carbocycles. The number of carbonyl (C=O) groups is 1. The highest BCUT2D eigenvalue weighted by molar-refractivity contribution is 7.99. The van der Waals surface area contributed by atoms with Crippen molar-refractivity contribution in [1.82, 2.24) is 20.1 Å². The number of amides is 1. The zero-order chi connectivity index (χ0) is 21.3. The Labute approximate surface area is 189 Å². The number of hydrogen-bond acceptors (Lipinski definition) is 6. The van der Waals surface area contributed by atoms with E-state index in [0.29, 0.717) is 5.56 Å². The maximum atomic E-state index is 12.6. The number of nitrogens with one attached hydrogen (secondary N) is 1. The lowest BCUT2D eigenvalue weighted by Crippen LogP contribution is -2.44. The SMILES string of the molecule is O=C(NC1CCN(Cc2ccccc2)CC1)c1ccc(SCCN2CCOCC2)nc1. The summed E-state index contributed by atoms with van der Waals surface area (Å²) in [6, 6.07) is 14.7. The lowest BCUT2D eigenvalue weighted by Gasteiger charge is -2.32. The van der Waals surface area contributed by atoms with Crippen molar-refractivity contribution in [2.75, 3.05) is 51.7 Å². The van der Waals surface area contributed by atoms with Crippen LogP contribution in [0.25, 0.3) is 0 Å². The molecule has 0 unspecified atom stereocenters. The second-order valence-electron chi connectivity index (χ2n) is 8.20. The molecule has 6 nitrogen and oxygen atoms in total. The fourth-order valence-corrected chi connectivity index (χ4v) is 4.90. The average molecular weight is 441 g/mol. The van der Waals surface area contributed by atoms with Crippen LogP contribution >= 0.6 is 11.8 Å². The van der Waals surface area contributed by atoms with E-state index in [2.05, 4.69) is 50.4 Å². The Morgan fingerprint density at radius 1 is 1.03 bits per heavy atom. The van der Waals surface area contributed by atoms with Crippen LogP contribution in [-0.2, 0) is 11.3 Å². The van der Waals surface area contributed by atoms with E-state index in [1.807, 2.05) is 12.1 Å². The molecule has 2 aliphatic rings. The summed E-state index contributed by atoms with van der Waals surface area (Å²) in [4.78, 5) is 22.0. The molecule has 0 aliphatic carbocycles. The molecule has 4 rings (SSSR count). The minimum atomic E-state index is -0.0149. The minimum absolute atomic E-state index is 0.0149. The van der Waals surface area contributed by atoms with Crippen molar-refractivity contribution in [3.63, 3.8) is 0 Å². The summed E-state index contributed by atoms with van der Waals surface area (Å²) in [5.74, 6) is 0.985. The lowest BCUT2D eigenvalue weighted by molar-refractivity contribution is 0.0410. The molecule has 1 aromatic carbocycles. The summed E-state index contributed by atoms with van der Waals surface area (Å²) in [7, 11) is 0. The number of aromatic nitrogens is 1. The lowest BCUT2D eigenvalue weighted by atomic mass is 10.0. The summed E-state index contributed by atoms with van der Waals surface area (Å²) in [6.45, 7) is 7.73. The number of carbonyl (C=O) groups excluding carboxylic acids is 1. The number of rotatable bonds is 8. The van der Waals surface area contributed by atoms with Gasteiger partial charge in [0.2, 0.25) is 0 Å². The van der Waals surface area contributed by atoms with E-state index in [1.54, 1.807) is 18.0 Å². The molecule has 166 valence electrons. The van der Waals surface area contributed by atoms with Gasteiger partial charge in [-0.2, -0.15) is 0 Å². The first-order valence-electron chi connectivity index (χ1n) is 11.2. The molecule has 1 aromatic heterocycles. The largest absolute Gasteiger partial charge is 0.379 e. The van der Waals surface area contributed by atoms with Crippen molar-refractivity contribution < 1.29 is 9.53 Å². The Hall–Kier alpha value is -1.93. The fourth-order valence-electron chi connectivity index (χ4n) is 4.05. The van der Waals surface area contributed by atoms with Gasteiger partial charge in [-0.15, -0.1) is 11.8 Å². The van der Waals surface area contributed by atoms with E-state index in [4.69, 9.17) is 4.74 Å². The van der Waals surface area contributed by atoms with Gasteiger partial charge in [0, 0.05) is 57.3 Å². The molecule has 1 N–H and O–H groups in total. The maximum absolute atomic E-state index is 12.6. The Balaban J connectivity index is 1.17. The predicted molar refractivity (Wildman–Crippen MR) is 124 cm³/mol. The number of benzene rings is 1. The van der Waals surface area contributed by atoms with Crippen LogP contribution in [0, 0.1) is 0 Å². The molecule has 2 aliphatic heterocycles. The second-order valence-corrected chi connectivity index (χ2v) is 9.31. The van der Waals surface area contributed by atoms with Gasteiger partial charge < -0.3 is 10.1 Å². The van der Waals surface area contributed by atoms with Gasteiger partial charge in [0.15, 0.2) is 0 Å². The molecule has 3 heterocycles.